The summed E-state index contributed by atoms with van der Waals surface area (Å²) in [6.07, 6.45) is 4.17. The molecule has 0 spiro atoms. The number of aldehydes is 1. The van der Waals surface area contributed by atoms with Crippen LogP contribution in [-0.4, -0.2) is 19.4 Å². The predicted molar refractivity (Wildman–Crippen MR) is 48.1 cm³/mol. The smallest absolute Gasteiger partial charge is 0.309 e. The Morgan fingerprint density at radius 2 is 2.38 bits per heavy atom. The number of esters is 1. The highest BCUT2D eigenvalue weighted by Crippen LogP contribution is 2.28. The zero-order chi connectivity index (χ0) is 9.84. The Morgan fingerprint density at radius 3 is 2.92 bits per heavy atom. The lowest BCUT2D eigenvalue weighted by molar-refractivity contribution is -0.148. The first-order chi connectivity index (χ1) is 6.19. The molecule has 0 aliphatic heterocycles. The van der Waals surface area contributed by atoms with Crippen molar-refractivity contribution in [1.29, 1.82) is 0 Å². The minimum Gasteiger partial charge on any atom is -0.469 e. The number of allylic oxidation sites excluding steroid dienone is 2. The molecule has 72 valence electrons. The maximum atomic E-state index is 11.3. The largest absolute Gasteiger partial charge is 0.469 e. The van der Waals surface area contributed by atoms with E-state index >= 15 is 0 Å². The molecule has 1 rings (SSSR count). The Balaban J connectivity index is 2.75. The van der Waals surface area contributed by atoms with Crippen LogP contribution < -0.4 is 0 Å². The fourth-order valence-electron chi connectivity index (χ4n) is 1.64. The summed E-state index contributed by atoms with van der Waals surface area (Å²) in [4.78, 5) is 21.9. The molecule has 0 fully saturated rings. The first kappa shape index (κ1) is 9.96. The van der Waals surface area contributed by atoms with Crippen LogP contribution in [0.1, 0.15) is 19.8 Å². The van der Waals surface area contributed by atoms with E-state index in [-0.39, 0.29) is 17.8 Å². The third kappa shape index (κ3) is 2.17. The van der Waals surface area contributed by atoms with E-state index in [4.69, 9.17) is 0 Å². The highest BCUT2D eigenvalue weighted by molar-refractivity contribution is 5.77. The van der Waals surface area contributed by atoms with E-state index in [1.807, 2.05) is 13.0 Å². The third-order valence-electron chi connectivity index (χ3n) is 2.48. The van der Waals surface area contributed by atoms with Gasteiger partial charge in [-0.25, -0.2) is 0 Å². The van der Waals surface area contributed by atoms with Crippen LogP contribution in [-0.2, 0) is 14.3 Å². The number of methoxy groups -OCH3 is 1. The second-order valence-corrected chi connectivity index (χ2v) is 3.42. The second kappa shape index (κ2) is 4.21. The molecule has 0 N–H and O–H groups in total. The Hall–Kier alpha value is -1.12. The van der Waals surface area contributed by atoms with Crippen molar-refractivity contribution in [2.24, 2.45) is 11.8 Å². The molecule has 0 bridgehead atoms. The molecule has 0 amide bonds. The molecule has 0 radical (unpaired) electrons. The molecular formula is C10H14O3. The Morgan fingerprint density at radius 1 is 1.69 bits per heavy atom. The van der Waals surface area contributed by atoms with Crippen LogP contribution in [0.5, 0.6) is 0 Å². The number of hydrogen-bond acceptors (Lipinski definition) is 3. The van der Waals surface area contributed by atoms with Gasteiger partial charge < -0.3 is 9.53 Å². The van der Waals surface area contributed by atoms with Gasteiger partial charge in [0, 0.05) is 5.92 Å². The molecule has 0 saturated carbocycles. The van der Waals surface area contributed by atoms with E-state index in [0.717, 1.165) is 11.9 Å². The summed E-state index contributed by atoms with van der Waals surface area (Å²) in [6.45, 7) is 1.97. The van der Waals surface area contributed by atoms with Crippen molar-refractivity contribution in [2.45, 2.75) is 19.8 Å². The Labute approximate surface area is 77.8 Å². The summed E-state index contributed by atoms with van der Waals surface area (Å²) in [7, 11) is 1.36. The van der Waals surface area contributed by atoms with E-state index in [1.165, 1.54) is 7.11 Å². The summed E-state index contributed by atoms with van der Waals surface area (Å²) in [5.74, 6) is -0.742. The number of carbonyl (C=O) groups is 2. The third-order valence-corrected chi connectivity index (χ3v) is 2.48. The fraction of sp³-hybridized carbons (Fsp3) is 0.600. The monoisotopic (exact) mass is 182 g/mol. The van der Waals surface area contributed by atoms with Gasteiger partial charge in [0.2, 0.25) is 0 Å². The number of hydrogen-bond donors (Lipinski definition) is 0. The second-order valence-electron chi connectivity index (χ2n) is 3.42. The van der Waals surface area contributed by atoms with Crippen molar-refractivity contribution in [2.75, 3.05) is 7.11 Å². The normalized spacial score (nSPS) is 27.7. The van der Waals surface area contributed by atoms with Crippen molar-refractivity contribution < 1.29 is 14.3 Å². The molecule has 0 aromatic rings. The zero-order valence-corrected chi connectivity index (χ0v) is 7.95. The molecule has 3 nitrogen and oxygen atoms in total. The highest BCUT2D eigenvalue weighted by Gasteiger charge is 2.30. The van der Waals surface area contributed by atoms with Crippen LogP contribution >= 0.6 is 0 Å². The van der Waals surface area contributed by atoms with Crippen molar-refractivity contribution in [3.63, 3.8) is 0 Å². The van der Waals surface area contributed by atoms with Crippen LogP contribution in [0.15, 0.2) is 11.6 Å². The van der Waals surface area contributed by atoms with Crippen LogP contribution in [0.25, 0.3) is 0 Å². The van der Waals surface area contributed by atoms with Gasteiger partial charge >= 0.3 is 5.97 Å². The summed E-state index contributed by atoms with van der Waals surface area (Å²) >= 11 is 0. The van der Waals surface area contributed by atoms with Crippen LogP contribution in [0.2, 0.25) is 0 Å². The van der Waals surface area contributed by atoms with E-state index in [0.29, 0.717) is 12.8 Å². The van der Waals surface area contributed by atoms with E-state index in [2.05, 4.69) is 4.74 Å². The van der Waals surface area contributed by atoms with Gasteiger partial charge in [-0.15, -0.1) is 0 Å². The summed E-state index contributed by atoms with van der Waals surface area (Å²) < 4.78 is 4.65. The van der Waals surface area contributed by atoms with Gasteiger partial charge in [0.15, 0.2) is 0 Å². The van der Waals surface area contributed by atoms with Crippen molar-refractivity contribution in [3.05, 3.63) is 11.6 Å². The molecule has 0 unspecified atom stereocenters. The quantitative estimate of drug-likeness (QED) is 0.367. The summed E-state index contributed by atoms with van der Waals surface area (Å²) in [5, 5.41) is 0. The molecule has 3 heteroatoms. The van der Waals surface area contributed by atoms with Gasteiger partial charge in [-0.05, 0) is 19.8 Å². The first-order valence-corrected chi connectivity index (χ1v) is 4.37. The number of carbonyl (C=O) groups excluding carboxylic acids is 2. The minimum atomic E-state index is -0.274. The average molecular weight is 182 g/mol. The molecular weight excluding hydrogens is 168 g/mol. The molecule has 0 heterocycles. The Bertz CT molecular complexity index is 243. The predicted octanol–water partition coefficient (Wildman–Crippen LogP) is 1.33. The molecule has 13 heavy (non-hydrogen) atoms. The van der Waals surface area contributed by atoms with Gasteiger partial charge in [0.05, 0.1) is 13.0 Å². The van der Waals surface area contributed by atoms with Crippen LogP contribution in [0, 0.1) is 11.8 Å². The fourth-order valence-corrected chi connectivity index (χ4v) is 1.64. The molecule has 1 aliphatic carbocycles. The van der Waals surface area contributed by atoms with E-state index in [9.17, 15) is 9.59 Å². The molecule has 2 atom stereocenters. The van der Waals surface area contributed by atoms with Gasteiger partial charge in [0.1, 0.15) is 6.29 Å². The van der Waals surface area contributed by atoms with Crippen LogP contribution in [0.4, 0.5) is 0 Å². The SMILES string of the molecule is COC(=O)[C@H]1CC(C)=CC[C@@H]1C=O. The first-order valence-electron chi connectivity index (χ1n) is 4.37. The lowest BCUT2D eigenvalue weighted by atomic mass is 9.81. The van der Waals surface area contributed by atoms with E-state index in [1.54, 1.807) is 0 Å². The summed E-state index contributed by atoms with van der Waals surface area (Å²) in [6, 6.07) is 0. The maximum absolute atomic E-state index is 11.3. The molecule has 0 aromatic heterocycles. The van der Waals surface area contributed by atoms with Gasteiger partial charge in [-0.2, -0.15) is 0 Å². The molecule has 0 aromatic carbocycles. The van der Waals surface area contributed by atoms with Crippen molar-refractivity contribution in [3.8, 4) is 0 Å². The lowest BCUT2D eigenvalue weighted by Gasteiger charge is -2.24. The molecule has 1 aliphatic rings. The average Bonchev–Trinajstić information content (AvgIpc) is 2.16. The number of rotatable bonds is 2. The standard InChI is InChI=1S/C10H14O3/c1-7-3-4-8(6-11)9(5-7)10(12)13-2/h3,6,8-9H,4-5H2,1-2H3/t8-,9+/m1/s1. The van der Waals surface area contributed by atoms with Gasteiger partial charge in [0.25, 0.3) is 0 Å². The van der Waals surface area contributed by atoms with Gasteiger partial charge in [-0.1, -0.05) is 11.6 Å². The molecule has 0 saturated heterocycles. The summed E-state index contributed by atoms with van der Waals surface area (Å²) in [5.41, 5.74) is 1.16. The minimum absolute atomic E-state index is 0.198. The van der Waals surface area contributed by atoms with E-state index < -0.39 is 0 Å². The van der Waals surface area contributed by atoms with Crippen LogP contribution in [0.3, 0.4) is 0 Å². The number of ether oxygens (including phenoxy) is 1. The van der Waals surface area contributed by atoms with Gasteiger partial charge in [-0.3, -0.25) is 4.79 Å². The van der Waals surface area contributed by atoms with Crippen molar-refractivity contribution >= 4 is 12.3 Å². The van der Waals surface area contributed by atoms with Crippen molar-refractivity contribution in [1.82, 2.24) is 0 Å². The topological polar surface area (TPSA) is 43.4 Å². The lowest BCUT2D eigenvalue weighted by Crippen LogP contribution is -2.28. The highest BCUT2D eigenvalue weighted by atomic mass is 16.5. The zero-order valence-electron chi connectivity index (χ0n) is 7.95. The Kier molecular flexibility index (Phi) is 3.23. The maximum Gasteiger partial charge on any atom is 0.309 e.